The van der Waals surface area contributed by atoms with Crippen LogP contribution in [0.1, 0.15) is 48.5 Å². The molecule has 0 aliphatic heterocycles. The second-order valence-electron chi connectivity index (χ2n) is 6.07. The molecule has 0 amide bonds. The highest BCUT2D eigenvalue weighted by Crippen LogP contribution is 2.18. The summed E-state index contributed by atoms with van der Waals surface area (Å²) in [5, 5.41) is 3.47. The van der Waals surface area contributed by atoms with Crippen LogP contribution in [0.3, 0.4) is 0 Å². The van der Waals surface area contributed by atoms with E-state index in [0.717, 1.165) is 19.8 Å². The summed E-state index contributed by atoms with van der Waals surface area (Å²) < 4.78 is 11.5. The van der Waals surface area contributed by atoms with Gasteiger partial charge in [-0.3, -0.25) is 0 Å². The molecule has 104 valence electrons. The standard InChI is InChI=1S/C14H31NO2/c1-11(2)15-8-14(7,9-16-12(3)4)10-17-13(5)6/h11-13,15H,8-10H2,1-7H3. The fraction of sp³-hybridized carbons (Fsp3) is 1.00. The first-order valence-corrected chi connectivity index (χ1v) is 6.72. The number of ether oxygens (including phenoxy) is 2. The van der Waals surface area contributed by atoms with Crippen LogP contribution in [0.4, 0.5) is 0 Å². The van der Waals surface area contributed by atoms with Crippen LogP contribution in [0.25, 0.3) is 0 Å². The Balaban J connectivity index is 4.23. The van der Waals surface area contributed by atoms with Gasteiger partial charge in [-0.1, -0.05) is 20.8 Å². The summed E-state index contributed by atoms with van der Waals surface area (Å²) in [4.78, 5) is 0. The second-order valence-corrected chi connectivity index (χ2v) is 6.07. The lowest BCUT2D eigenvalue weighted by Gasteiger charge is -2.32. The summed E-state index contributed by atoms with van der Waals surface area (Å²) >= 11 is 0. The predicted octanol–water partition coefficient (Wildman–Crippen LogP) is 2.84. The van der Waals surface area contributed by atoms with Crippen molar-refractivity contribution in [1.29, 1.82) is 0 Å². The second kappa shape index (κ2) is 8.06. The maximum atomic E-state index is 5.75. The molecule has 0 aliphatic carbocycles. The van der Waals surface area contributed by atoms with Crippen molar-refractivity contribution in [2.24, 2.45) is 5.41 Å². The lowest BCUT2D eigenvalue weighted by molar-refractivity contribution is -0.0474. The van der Waals surface area contributed by atoms with E-state index >= 15 is 0 Å². The monoisotopic (exact) mass is 245 g/mol. The molecular formula is C14H31NO2. The third kappa shape index (κ3) is 9.57. The Labute approximate surface area is 107 Å². The van der Waals surface area contributed by atoms with E-state index in [1.54, 1.807) is 0 Å². The molecule has 1 N–H and O–H groups in total. The molecular weight excluding hydrogens is 214 g/mol. The third-order valence-corrected chi connectivity index (χ3v) is 2.47. The average Bonchev–Trinajstić information content (AvgIpc) is 2.21. The maximum Gasteiger partial charge on any atom is 0.0557 e. The zero-order valence-electron chi connectivity index (χ0n) is 12.7. The van der Waals surface area contributed by atoms with Crippen LogP contribution in [-0.2, 0) is 9.47 Å². The summed E-state index contributed by atoms with van der Waals surface area (Å²) in [6.07, 6.45) is 0.542. The Bertz CT molecular complexity index is 159. The number of nitrogens with one attached hydrogen (secondary N) is 1. The summed E-state index contributed by atoms with van der Waals surface area (Å²) in [5.41, 5.74) is 0.0405. The highest BCUT2D eigenvalue weighted by atomic mass is 16.5. The van der Waals surface area contributed by atoms with Gasteiger partial charge in [0.25, 0.3) is 0 Å². The molecule has 0 aromatic rings. The summed E-state index contributed by atoms with van der Waals surface area (Å²) in [6.45, 7) is 17.2. The van der Waals surface area contributed by atoms with E-state index in [-0.39, 0.29) is 17.6 Å². The zero-order valence-corrected chi connectivity index (χ0v) is 12.7. The maximum absolute atomic E-state index is 5.75. The largest absolute Gasteiger partial charge is 0.378 e. The van der Waals surface area contributed by atoms with Gasteiger partial charge in [0, 0.05) is 18.0 Å². The van der Waals surface area contributed by atoms with Crippen molar-refractivity contribution in [3.05, 3.63) is 0 Å². The SMILES string of the molecule is CC(C)NCC(C)(COC(C)C)COC(C)C. The molecule has 0 radical (unpaired) electrons. The van der Waals surface area contributed by atoms with E-state index in [4.69, 9.17) is 9.47 Å². The van der Waals surface area contributed by atoms with Crippen LogP contribution in [0.2, 0.25) is 0 Å². The average molecular weight is 245 g/mol. The van der Waals surface area contributed by atoms with Crippen LogP contribution in [0.15, 0.2) is 0 Å². The molecule has 0 saturated carbocycles. The molecule has 3 heteroatoms. The highest BCUT2D eigenvalue weighted by Gasteiger charge is 2.26. The van der Waals surface area contributed by atoms with Gasteiger partial charge in [0.2, 0.25) is 0 Å². The van der Waals surface area contributed by atoms with Crippen LogP contribution in [0.5, 0.6) is 0 Å². The van der Waals surface area contributed by atoms with Gasteiger partial charge in [-0.15, -0.1) is 0 Å². The Hall–Kier alpha value is -0.120. The molecule has 0 fully saturated rings. The molecule has 0 heterocycles. The molecule has 0 atom stereocenters. The molecule has 0 aromatic carbocycles. The minimum absolute atomic E-state index is 0.0405. The zero-order chi connectivity index (χ0) is 13.5. The fourth-order valence-corrected chi connectivity index (χ4v) is 1.33. The Kier molecular flexibility index (Phi) is 8.01. The fourth-order valence-electron chi connectivity index (χ4n) is 1.33. The van der Waals surface area contributed by atoms with E-state index in [0.29, 0.717) is 6.04 Å². The first-order chi connectivity index (χ1) is 7.75. The molecule has 0 aliphatic rings. The lowest BCUT2D eigenvalue weighted by atomic mass is 9.92. The highest BCUT2D eigenvalue weighted by molar-refractivity contribution is 4.78. The van der Waals surface area contributed by atoms with Gasteiger partial charge >= 0.3 is 0 Å². The van der Waals surface area contributed by atoms with E-state index in [2.05, 4.69) is 53.8 Å². The molecule has 0 spiro atoms. The molecule has 0 aromatic heterocycles. The van der Waals surface area contributed by atoms with Gasteiger partial charge in [0.05, 0.1) is 25.4 Å². The van der Waals surface area contributed by atoms with Crippen molar-refractivity contribution in [2.75, 3.05) is 19.8 Å². The van der Waals surface area contributed by atoms with Crippen LogP contribution in [0, 0.1) is 5.41 Å². The molecule has 0 rings (SSSR count). The number of rotatable bonds is 9. The molecule has 17 heavy (non-hydrogen) atoms. The van der Waals surface area contributed by atoms with E-state index in [1.165, 1.54) is 0 Å². The van der Waals surface area contributed by atoms with Gasteiger partial charge in [-0.25, -0.2) is 0 Å². The van der Waals surface area contributed by atoms with Gasteiger partial charge in [0.1, 0.15) is 0 Å². The normalized spacial score (nSPS) is 13.1. The quantitative estimate of drug-likeness (QED) is 0.677. The van der Waals surface area contributed by atoms with Crippen LogP contribution >= 0.6 is 0 Å². The number of hydrogen-bond donors (Lipinski definition) is 1. The topological polar surface area (TPSA) is 30.5 Å². The smallest absolute Gasteiger partial charge is 0.0557 e. The molecule has 0 bridgehead atoms. The minimum Gasteiger partial charge on any atom is -0.378 e. The first-order valence-electron chi connectivity index (χ1n) is 6.72. The van der Waals surface area contributed by atoms with Gasteiger partial charge in [-0.05, 0) is 27.7 Å². The number of hydrogen-bond acceptors (Lipinski definition) is 3. The van der Waals surface area contributed by atoms with Crippen LogP contribution in [-0.4, -0.2) is 38.0 Å². The van der Waals surface area contributed by atoms with Gasteiger partial charge < -0.3 is 14.8 Å². The van der Waals surface area contributed by atoms with Crippen molar-refractivity contribution in [1.82, 2.24) is 5.32 Å². The van der Waals surface area contributed by atoms with Crippen molar-refractivity contribution in [3.8, 4) is 0 Å². The van der Waals surface area contributed by atoms with Gasteiger partial charge in [-0.2, -0.15) is 0 Å². The summed E-state index contributed by atoms with van der Waals surface area (Å²) in [5.74, 6) is 0. The van der Waals surface area contributed by atoms with Crippen molar-refractivity contribution >= 4 is 0 Å². The first kappa shape index (κ1) is 16.9. The summed E-state index contributed by atoms with van der Waals surface area (Å²) in [6, 6.07) is 0.493. The predicted molar refractivity (Wildman–Crippen MR) is 73.4 cm³/mol. The summed E-state index contributed by atoms with van der Waals surface area (Å²) in [7, 11) is 0. The third-order valence-electron chi connectivity index (χ3n) is 2.47. The van der Waals surface area contributed by atoms with Crippen LogP contribution < -0.4 is 5.32 Å². The van der Waals surface area contributed by atoms with E-state index < -0.39 is 0 Å². The van der Waals surface area contributed by atoms with Crippen molar-refractivity contribution in [3.63, 3.8) is 0 Å². The minimum atomic E-state index is 0.0405. The lowest BCUT2D eigenvalue weighted by Crippen LogP contribution is -2.42. The molecule has 0 saturated heterocycles. The van der Waals surface area contributed by atoms with E-state index in [9.17, 15) is 0 Å². The Morgan fingerprint density at radius 3 is 1.59 bits per heavy atom. The molecule has 0 unspecified atom stereocenters. The van der Waals surface area contributed by atoms with E-state index in [1.807, 2.05) is 0 Å². The van der Waals surface area contributed by atoms with Crippen molar-refractivity contribution in [2.45, 2.75) is 66.7 Å². The Morgan fingerprint density at radius 1 is 0.882 bits per heavy atom. The Morgan fingerprint density at radius 2 is 1.29 bits per heavy atom. The van der Waals surface area contributed by atoms with Crippen molar-refractivity contribution < 1.29 is 9.47 Å². The van der Waals surface area contributed by atoms with Gasteiger partial charge in [0.15, 0.2) is 0 Å². The molecule has 3 nitrogen and oxygen atoms in total.